The molecule has 0 aromatic heterocycles. The summed E-state index contributed by atoms with van der Waals surface area (Å²) in [5.41, 5.74) is 1.85. The Morgan fingerprint density at radius 1 is 0.955 bits per heavy atom. The molecule has 0 aliphatic carbocycles. The number of sulfonamides is 1. The van der Waals surface area contributed by atoms with Crippen molar-refractivity contribution in [1.29, 1.82) is 0 Å². The van der Waals surface area contributed by atoms with Crippen LogP contribution < -0.4 is 4.72 Å². The lowest BCUT2D eigenvalue weighted by atomic mass is 10.1. The summed E-state index contributed by atoms with van der Waals surface area (Å²) in [6, 6.07) is 15.7. The van der Waals surface area contributed by atoms with E-state index in [4.69, 9.17) is 0 Å². The van der Waals surface area contributed by atoms with Crippen LogP contribution in [0.15, 0.2) is 59.5 Å². The van der Waals surface area contributed by atoms with E-state index in [-0.39, 0.29) is 17.7 Å². The van der Waals surface area contributed by atoms with Crippen LogP contribution in [-0.4, -0.2) is 20.6 Å². The number of amides is 1. The number of carbonyl (C=O) groups excluding carboxylic acids is 2. The standard InChI is InChI=1S/C16H14NO4S/c18-12-4-7-16(19)17-22(20,21)15-10-8-14(9-11-15)13-5-2-1-3-6-13/h1-3,5-6,8-11H,4,7H2,(H,17,19). The van der Waals surface area contributed by atoms with Gasteiger partial charge in [0.15, 0.2) is 6.29 Å². The highest BCUT2D eigenvalue weighted by atomic mass is 32.2. The van der Waals surface area contributed by atoms with Crippen molar-refractivity contribution in [3.8, 4) is 11.1 Å². The third-order valence-electron chi connectivity index (χ3n) is 2.97. The van der Waals surface area contributed by atoms with Gasteiger partial charge in [0.05, 0.1) is 4.90 Å². The van der Waals surface area contributed by atoms with E-state index in [9.17, 15) is 18.0 Å². The van der Waals surface area contributed by atoms with Crippen LogP contribution in [0.3, 0.4) is 0 Å². The highest BCUT2D eigenvalue weighted by Crippen LogP contribution is 2.20. The molecule has 0 unspecified atom stereocenters. The maximum absolute atomic E-state index is 12.0. The predicted octanol–water partition coefficient (Wildman–Crippen LogP) is 2.05. The van der Waals surface area contributed by atoms with Crippen LogP contribution in [0, 0.1) is 0 Å². The minimum absolute atomic E-state index is 0.00406. The molecule has 6 heteroatoms. The molecule has 113 valence electrons. The molecule has 0 atom stereocenters. The summed E-state index contributed by atoms with van der Waals surface area (Å²) < 4.78 is 26.0. The van der Waals surface area contributed by atoms with Gasteiger partial charge in [0.2, 0.25) is 5.91 Å². The predicted molar refractivity (Wildman–Crippen MR) is 82.1 cm³/mol. The van der Waals surface area contributed by atoms with E-state index in [2.05, 4.69) is 0 Å². The molecule has 0 heterocycles. The Labute approximate surface area is 129 Å². The molecule has 2 rings (SSSR count). The van der Waals surface area contributed by atoms with Crippen molar-refractivity contribution in [1.82, 2.24) is 4.72 Å². The zero-order valence-corrected chi connectivity index (χ0v) is 12.5. The summed E-state index contributed by atoms with van der Waals surface area (Å²) in [5.74, 6) is -0.726. The molecule has 1 radical (unpaired) electrons. The van der Waals surface area contributed by atoms with Crippen LogP contribution in [0.2, 0.25) is 0 Å². The number of hydrogen-bond donors (Lipinski definition) is 1. The topological polar surface area (TPSA) is 80.3 Å². The van der Waals surface area contributed by atoms with Crippen molar-refractivity contribution in [3.05, 3.63) is 54.6 Å². The number of rotatable bonds is 6. The fourth-order valence-corrected chi connectivity index (χ4v) is 2.90. The third-order valence-corrected chi connectivity index (χ3v) is 4.36. The monoisotopic (exact) mass is 316 g/mol. The van der Waals surface area contributed by atoms with E-state index in [1.165, 1.54) is 12.1 Å². The summed E-state index contributed by atoms with van der Waals surface area (Å²) >= 11 is 0. The smallest absolute Gasteiger partial charge is 0.264 e. The fourth-order valence-electron chi connectivity index (χ4n) is 1.88. The van der Waals surface area contributed by atoms with Crippen LogP contribution in [0.5, 0.6) is 0 Å². The first kappa shape index (κ1) is 15.9. The minimum Gasteiger partial charge on any atom is -0.291 e. The van der Waals surface area contributed by atoms with Crippen LogP contribution in [0.1, 0.15) is 12.8 Å². The van der Waals surface area contributed by atoms with Crippen LogP contribution in [0.25, 0.3) is 11.1 Å². The molecule has 1 N–H and O–H groups in total. The minimum atomic E-state index is -3.92. The van der Waals surface area contributed by atoms with E-state index in [1.807, 2.05) is 35.1 Å². The zero-order valence-electron chi connectivity index (χ0n) is 11.7. The Morgan fingerprint density at radius 2 is 1.55 bits per heavy atom. The third kappa shape index (κ3) is 4.02. The Hall–Kier alpha value is -2.47. The second-order valence-electron chi connectivity index (χ2n) is 4.56. The lowest BCUT2D eigenvalue weighted by Crippen LogP contribution is -2.30. The second-order valence-corrected chi connectivity index (χ2v) is 6.25. The van der Waals surface area contributed by atoms with Gasteiger partial charge in [-0.1, -0.05) is 42.5 Å². The van der Waals surface area contributed by atoms with Gasteiger partial charge in [0.25, 0.3) is 10.0 Å². The molecule has 1 amide bonds. The first-order valence-electron chi connectivity index (χ1n) is 6.59. The lowest BCUT2D eigenvalue weighted by molar-refractivity contribution is -0.119. The van der Waals surface area contributed by atoms with E-state index < -0.39 is 15.9 Å². The van der Waals surface area contributed by atoms with Gasteiger partial charge in [-0.15, -0.1) is 0 Å². The van der Waals surface area contributed by atoms with Crippen molar-refractivity contribution in [3.63, 3.8) is 0 Å². The molecule has 2 aromatic rings. The highest BCUT2D eigenvalue weighted by Gasteiger charge is 2.17. The number of nitrogens with one attached hydrogen (secondary N) is 1. The van der Waals surface area contributed by atoms with Crippen molar-refractivity contribution < 1.29 is 18.0 Å². The molecule has 0 saturated heterocycles. The van der Waals surface area contributed by atoms with Crippen LogP contribution >= 0.6 is 0 Å². The second kappa shape index (κ2) is 7.00. The summed E-state index contributed by atoms with van der Waals surface area (Å²) in [6.45, 7) is 0. The van der Waals surface area contributed by atoms with E-state index in [0.717, 1.165) is 11.1 Å². The molecule has 22 heavy (non-hydrogen) atoms. The fraction of sp³-hybridized carbons (Fsp3) is 0.125. The van der Waals surface area contributed by atoms with Crippen LogP contribution in [-0.2, 0) is 19.6 Å². The average molecular weight is 316 g/mol. The van der Waals surface area contributed by atoms with Crippen molar-refractivity contribution in [2.24, 2.45) is 0 Å². The molecule has 0 saturated carbocycles. The van der Waals surface area contributed by atoms with Gasteiger partial charge < -0.3 is 0 Å². The van der Waals surface area contributed by atoms with Crippen molar-refractivity contribution >= 4 is 22.2 Å². The quantitative estimate of drug-likeness (QED) is 0.884. The van der Waals surface area contributed by atoms with Gasteiger partial charge in [-0.25, -0.2) is 13.1 Å². The van der Waals surface area contributed by atoms with Gasteiger partial charge >= 0.3 is 0 Å². The Kier molecular flexibility index (Phi) is 5.06. The van der Waals surface area contributed by atoms with E-state index in [0.29, 0.717) is 0 Å². The van der Waals surface area contributed by atoms with E-state index in [1.54, 1.807) is 18.4 Å². The molecule has 5 nitrogen and oxygen atoms in total. The first-order valence-corrected chi connectivity index (χ1v) is 8.07. The summed E-state index contributed by atoms with van der Waals surface area (Å²) in [4.78, 5) is 21.5. The molecule has 0 bridgehead atoms. The van der Waals surface area contributed by atoms with Gasteiger partial charge in [0.1, 0.15) is 0 Å². The zero-order chi connectivity index (χ0) is 16.0. The Bertz CT molecular complexity index is 752. The SMILES string of the molecule is O=[C]CCC(=O)NS(=O)(=O)c1ccc(-c2ccccc2)cc1. The Balaban J connectivity index is 2.15. The Morgan fingerprint density at radius 3 is 2.14 bits per heavy atom. The molecule has 0 spiro atoms. The van der Waals surface area contributed by atoms with Crippen LogP contribution in [0.4, 0.5) is 0 Å². The van der Waals surface area contributed by atoms with Gasteiger partial charge in [-0.3, -0.25) is 9.59 Å². The summed E-state index contributed by atoms with van der Waals surface area (Å²) in [7, 11) is -3.92. The number of hydrogen-bond acceptors (Lipinski definition) is 4. The van der Waals surface area contributed by atoms with Gasteiger partial charge in [-0.05, 0) is 23.3 Å². The number of carbonyl (C=O) groups is 1. The molecule has 2 aromatic carbocycles. The summed E-state index contributed by atoms with van der Waals surface area (Å²) in [5, 5.41) is 0. The number of benzene rings is 2. The van der Waals surface area contributed by atoms with Crippen molar-refractivity contribution in [2.75, 3.05) is 0 Å². The molecule has 0 fully saturated rings. The highest BCUT2D eigenvalue weighted by molar-refractivity contribution is 7.90. The van der Waals surface area contributed by atoms with Gasteiger partial charge in [-0.2, -0.15) is 0 Å². The largest absolute Gasteiger partial charge is 0.291 e. The van der Waals surface area contributed by atoms with Gasteiger partial charge in [0, 0.05) is 12.8 Å². The molecule has 0 aliphatic heterocycles. The molecular weight excluding hydrogens is 302 g/mol. The average Bonchev–Trinajstić information content (AvgIpc) is 2.53. The molecular formula is C16H14NO4S. The maximum atomic E-state index is 12.0. The lowest BCUT2D eigenvalue weighted by Gasteiger charge is -2.07. The normalized spacial score (nSPS) is 10.9. The first-order chi connectivity index (χ1) is 10.5. The summed E-state index contributed by atoms with van der Waals surface area (Å²) in [6.07, 6.45) is 1.21. The van der Waals surface area contributed by atoms with E-state index >= 15 is 0 Å². The maximum Gasteiger partial charge on any atom is 0.264 e. The van der Waals surface area contributed by atoms with Crippen molar-refractivity contribution in [2.45, 2.75) is 17.7 Å². The molecule has 0 aliphatic rings.